The standard InChI is InChI=1S/C22H15N3O7/c26-21(15-7-10-19-20(11-15)31-13-30-19)24-23-12-16-3-1-2-4-18(16)32-22(27)14-5-8-17(9-6-14)25(28)29/h1-12H,13H2,(H,24,26). The van der Waals surface area contributed by atoms with Crippen molar-refractivity contribution < 1.29 is 28.7 Å². The van der Waals surface area contributed by atoms with Crippen molar-refractivity contribution in [2.75, 3.05) is 6.79 Å². The molecule has 0 fully saturated rings. The van der Waals surface area contributed by atoms with Gasteiger partial charge in [-0.25, -0.2) is 10.2 Å². The monoisotopic (exact) mass is 433 g/mol. The van der Waals surface area contributed by atoms with Crippen LogP contribution >= 0.6 is 0 Å². The first kappa shape index (κ1) is 20.5. The fraction of sp³-hybridized carbons (Fsp3) is 0.0455. The van der Waals surface area contributed by atoms with Gasteiger partial charge in [-0.1, -0.05) is 12.1 Å². The van der Waals surface area contributed by atoms with E-state index in [0.29, 0.717) is 22.6 Å². The second-order valence-electron chi connectivity index (χ2n) is 6.50. The van der Waals surface area contributed by atoms with Crippen LogP contribution in [-0.2, 0) is 0 Å². The lowest BCUT2D eigenvalue weighted by atomic mass is 10.2. The summed E-state index contributed by atoms with van der Waals surface area (Å²) >= 11 is 0. The average Bonchev–Trinajstić information content (AvgIpc) is 3.28. The highest BCUT2D eigenvalue weighted by molar-refractivity contribution is 5.96. The summed E-state index contributed by atoms with van der Waals surface area (Å²) < 4.78 is 15.8. The number of benzene rings is 3. The molecule has 0 radical (unpaired) electrons. The number of non-ortho nitro benzene ring substituents is 1. The molecule has 1 aliphatic heterocycles. The molecule has 32 heavy (non-hydrogen) atoms. The molecule has 10 heteroatoms. The van der Waals surface area contributed by atoms with Gasteiger partial charge in [-0.2, -0.15) is 5.10 Å². The largest absolute Gasteiger partial charge is 0.454 e. The van der Waals surface area contributed by atoms with Gasteiger partial charge in [0.15, 0.2) is 11.5 Å². The molecule has 0 unspecified atom stereocenters. The van der Waals surface area contributed by atoms with Crippen LogP contribution in [0.25, 0.3) is 0 Å². The zero-order valence-electron chi connectivity index (χ0n) is 16.4. The van der Waals surface area contributed by atoms with Crippen molar-refractivity contribution in [3.63, 3.8) is 0 Å². The Morgan fingerprint density at radius 1 is 1.00 bits per heavy atom. The molecule has 0 bridgehead atoms. The zero-order valence-corrected chi connectivity index (χ0v) is 16.4. The molecular formula is C22H15N3O7. The number of hydrogen-bond acceptors (Lipinski definition) is 8. The third-order valence-electron chi connectivity index (χ3n) is 4.44. The zero-order chi connectivity index (χ0) is 22.5. The molecule has 1 heterocycles. The van der Waals surface area contributed by atoms with Crippen LogP contribution in [0.1, 0.15) is 26.3 Å². The molecule has 0 atom stereocenters. The molecule has 3 aromatic carbocycles. The lowest BCUT2D eigenvalue weighted by molar-refractivity contribution is -0.384. The van der Waals surface area contributed by atoms with Crippen LogP contribution in [0.3, 0.4) is 0 Å². The number of nitro groups is 1. The maximum Gasteiger partial charge on any atom is 0.343 e. The third kappa shape index (κ3) is 4.54. The molecule has 0 saturated heterocycles. The molecule has 1 aliphatic rings. The Kier molecular flexibility index (Phi) is 5.75. The van der Waals surface area contributed by atoms with Gasteiger partial charge in [0, 0.05) is 23.3 Å². The highest BCUT2D eigenvalue weighted by Crippen LogP contribution is 2.32. The van der Waals surface area contributed by atoms with E-state index >= 15 is 0 Å². The van der Waals surface area contributed by atoms with Gasteiger partial charge in [0.05, 0.1) is 16.7 Å². The number of carbonyl (C=O) groups excluding carboxylic acids is 2. The molecule has 160 valence electrons. The molecule has 10 nitrogen and oxygen atoms in total. The van der Waals surface area contributed by atoms with E-state index in [9.17, 15) is 19.7 Å². The second-order valence-corrected chi connectivity index (χ2v) is 6.50. The molecule has 0 spiro atoms. The van der Waals surface area contributed by atoms with Crippen molar-refractivity contribution in [2.45, 2.75) is 0 Å². The highest BCUT2D eigenvalue weighted by atomic mass is 16.7. The van der Waals surface area contributed by atoms with Crippen LogP contribution < -0.4 is 19.6 Å². The van der Waals surface area contributed by atoms with E-state index in [1.54, 1.807) is 42.5 Å². The minimum atomic E-state index is -0.690. The Morgan fingerprint density at radius 3 is 2.50 bits per heavy atom. The maximum atomic E-state index is 12.4. The number of nitrogens with one attached hydrogen (secondary N) is 1. The van der Waals surface area contributed by atoms with Gasteiger partial charge in [-0.15, -0.1) is 0 Å². The fourth-order valence-electron chi connectivity index (χ4n) is 2.82. The van der Waals surface area contributed by atoms with E-state index in [1.165, 1.54) is 30.5 Å². The summed E-state index contributed by atoms with van der Waals surface area (Å²) in [5.41, 5.74) is 3.19. The Bertz CT molecular complexity index is 1220. The number of carbonyl (C=O) groups is 2. The summed E-state index contributed by atoms with van der Waals surface area (Å²) in [7, 11) is 0. The van der Waals surface area contributed by atoms with Crippen LogP contribution in [0, 0.1) is 10.1 Å². The van der Waals surface area contributed by atoms with Crippen molar-refractivity contribution in [1.82, 2.24) is 5.43 Å². The summed E-state index contributed by atoms with van der Waals surface area (Å²) in [4.78, 5) is 34.9. The second kappa shape index (κ2) is 8.96. The van der Waals surface area contributed by atoms with Crippen molar-refractivity contribution in [2.24, 2.45) is 5.10 Å². The number of rotatable bonds is 6. The average molecular weight is 433 g/mol. The van der Waals surface area contributed by atoms with E-state index < -0.39 is 16.8 Å². The number of esters is 1. The third-order valence-corrected chi connectivity index (χ3v) is 4.44. The van der Waals surface area contributed by atoms with Crippen LogP contribution in [0.2, 0.25) is 0 Å². The summed E-state index contributed by atoms with van der Waals surface area (Å²) in [6.07, 6.45) is 1.34. The van der Waals surface area contributed by atoms with E-state index in [-0.39, 0.29) is 23.8 Å². The van der Waals surface area contributed by atoms with Gasteiger partial charge in [0.25, 0.3) is 11.6 Å². The van der Waals surface area contributed by atoms with E-state index in [4.69, 9.17) is 14.2 Å². The van der Waals surface area contributed by atoms with Gasteiger partial charge < -0.3 is 14.2 Å². The first-order valence-electron chi connectivity index (χ1n) is 9.30. The van der Waals surface area contributed by atoms with E-state index in [1.807, 2.05) is 0 Å². The Hall–Kier alpha value is -4.73. The van der Waals surface area contributed by atoms with Gasteiger partial charge in [0.2, 0.25) is 6.79 Å². The number of para-hydroxylation sites is 1. The quantitative estimate of drug-likeness (QED) is 0.208. The first-order valence-corrected chi connectivity index (χ1v) is 9.30. The van der Waals surface area contributed by atoms with Crippen LogP contribution in [0.4, 0.5) is 5.69 Å². The van der Waals surface area contributed by atoms with Gasteiger partial charge in [0.1, 0.15) is 5.75 Å². The predicted molar refractivity (Wildman–Crippen MR) is 112 cm³/mol. The molecule has 0 aliphatic carbocycles. The number of nitro benzene ring substituents is 1. The minimum Gasteiger partial charge on any atom is -0.454 e. The number of amides is 1. The summed E-state index contributed by atoms with van der Waals surface area (Å²) in [6.45, 7) is 0.105. The van der Waals surface area contributed by atoms with Gasteiger partial charge >= 0.3 is 5.97 Å². The maximum absolute atomic E-state index is 12.4. The van der Waals surface area contributed by atoms with Crippen molar-refractivity contribution >= 4 is 23.8 Å². The number of nitrogens with zero attached hydrogens (tertiary/aromatic N) is 2. The van der Waals surface area contributed by atoms with Crippen LogP contribution in [0.5, 0.6) is 17.2 Å². The van der Waals surface area contributed by atoms with Crippen LogP contribution in [-0.4, -0.2) is 29.8 Å². The molecule has 1 N–H and O–H groups in total. The highest BCUT2D eigenvalue weighted by Gasteiger charge is 2.16. The Morgan fingerprint density at radius 2 is 1.72 bits per heavy atom. The lowest BCUT2D eigenvalue weighted by Gasteiger charge is -2.07. The normalized spacial score (nSPS) is 11.9. The number of fused-ring (bicyclic) bond motifs is 1. The Balaban J connectivity index is 1.42. The van der Waals surface area contributed by atoms with E-state index in [0.717, 1.165) is 0 Å². The molecular weight excluding hydrogens is 418 g/mol. The molecule has 3 aromatic rings. The number of hydrazone groups is 1. The summed E-state index contributed by atoms with van der Waals surface area (Å²) in [5, 5.41) is 14.7. The predicted octanol–water partition coefficient (Wildman–Crippen LogP) is 3.31. The van der Waals surface area contributed by atoms with Gasteiger partial charge in [-0.3, -0.25) is 14.9 Å². The SMILES string of the molecule is O=C(NN=Cc1ccccc1OC(=O)c1ccc([N+](=O)[O-])cc1)c1ccc2c(c1)OCO2. The number of ether oxygens (including phenoxy) is 3. The smallest absolute Gasteiger partial charge is 0.343 e. The van der Waals surface area contributed by atoms with Crippen LogP contribution in [0.15, 0.2) is 71.8 Å². The molecule has 1 amide bonds. The summed E-state index contributed by atoms with van der Waals surface area (Å²) in [6, 6.07) is 16.4. The van der Waals surface area contributed by atoms with Gasteiger partial charge in [-0.05, 0) is 42.5 Å². The molecule has 4 rings (SSSR count). The topological polar surface area (TPSA) is 129 Å². The summed E-state index contributed by atoms with van der Waals surface area (Å²) in [5.74, 6) is 0.0981. The molecule has 0 saturated carbocycles. The fourth-order valence-corrected chi connectivity index (χ4v) is 2.82. The van der Waals surface area contributed by atoms with Crippen molar-refractivity contribution in [3.8, 4) is 17.2 Å². The van der Waals surface area contributed by atoms with Crippen molar-refractivity contribution in [1.29, 1.82) is 0 Å². The minimum absolute atomic E-state index is 0.105. The Labute approximate surface area is 181 Å². The molecule has 0 aromatic heterocycles. The van der Waals surface area contributed by atoms with E-state index in [2.05, 4.69) is 10.5 Å². The lowest BCUT2D eigenvalue weighted by Crippen LogP contribution is -2.17. The van der Waals surface area contributed by atoms with Crippen molar-refractivity contribution in [3.05, 3.63) is 93.5 Å². The first-order chi connectivity index (χ1) is 15.5. The number of hydrogen-bond donors (Lipinski definition) is 1.